The summed E-state index contributed by atoms with van der Waals surface area (Å²) >= 11 is 0. The Labute approximate surface area is 204 Å². The third kappa shape index (κ3) is 3.62. The maximum absolute atomic E-state index is 14.1. The van der Waals surface area contributed by atoms with Gasteiger partial charge in [-0.1, -0.05) is 11.6 Å². The number of rotatable bonds is 6. The lowest BCUT2D eigenvalue weighted by Crippen LogP contribution is -2.45. The van der Waals surface area contributed by atoms with Crippen molar-refractivity contribution in [2.45, 2.75) is 45.7 Å². The molecule has 1 aliphatic heterocycles. The minimum absolute atomic E-state index is 0.0501. The number of carbonyl (C=O) groups is 1. The van der Waals surface area contributed by atoms with Crippen LogP contribution < -0.4 is 9.47 Å². The molecule has 1 saturated heterocycles. The Morgan fingerprint density at radius 1 is 1.09 bits per heavy atom. The van der Waals surface area contributed by atoms with Crippen LogP contribution in [0.15, 0.2) is 42.7 Å². The maximum Gasteiger partial charge on any atom is 0.256 e. The summed E-state index contributed by atoms with van der Waals surface area (Å²) in [5, 5.41) is 8.53. The van der Waals surface area contributed by atoms with Gasteiger partial charge in [-0.15, -0.1) is 0 Å². The Morgan fingerprint density at radius 3 is 2.49 bits per heavy atom. The second kappa shape index (κ2) is 8.72. The summed E-state index contributed by atoms with van der Waals surface area (Å²) in [6.45, 7) is 7.55. The Hall–Kier alpha value is -3.88. The van der Waals surface area contributed by atoms with E-state index in [1.807, 2.05) is 42.2 Å². The molecule has 1 atom stereocenters. The summed E-state index contributed by atoms with van der Waals surface area (Å²) < 4.78 is 13.2. The van der Waals surface area contributed by atoms with Crippen LogP contribution in [-0.2, 0) is 12.1 Å². The zero-order valence-electron chi connectivity index (χ0n) is 20.8. The van der Waals surface area contributed by atoms with Gasteiger partial charge in [0.2, 0.25) is 0 Å². The second-order valence-electron chi connectivity index (χ2n) is 9.05. The van der Waals surface area contributed by atoms with Gasteiger partial charge >= 0.3 is 0 Å². The first-order valence-corrected chi connectivity index (χ1v) is 11.8. The highest BCUT2D eigenvalue weighted by Crippen LogP contribution is 2.42. The average Bonchev–Trinajstić information content (AvgIpc) is 3.61. The van der Waals surface area contributed by atoms with Crippen LogP contribution in [-0.4, -0.2) is 56.1 Å². The molecule has 1 unspecified atom stereocenters. The largest absolute Gasteiger partial charge is 0.493 e. The van der Waals surface area contributed by atoms with Crippen LogP contribution in [0.2, 0.25) is 0 Å². The summed E-state index contributed by atoms with van der Waals surface area (Å²) in [4.78, 5) is 22.6. The van der Waals surface area contributed by atoms with Crippen LogP contribution in [0.1, 0.15) is 48.4 Å². The Bertz CT molecular complexity index is 1390. The zero-order chi connectivity index (χ0) is 24.7. The molecule has 2 aromatic heterocycles. The van der Waals surface area contributed by atoms with Crippen molar-refractivity contribution in [3.63, 3.8) is 0 Å². The Kier molecular flexibility index (Phi) is 5.70. The third-order valence-corrected chi connectivity index (χ3v) is 6.95. The van der Waals surface area contributed by atoms with Gasteiger partial charge in [0.05, 0.1) is 54.4 Å². The van der Waals surface area contributed by atoms with Gasteiger partial charge in [0, 0.05) is 25.2 Å². The van der Waals surface area contributed by atoms with E-state index >= 15 is 0 Å². The number of likely N-dealkylation sites (tertiary alicyclic amines) is 1. The van der Waals surface area contributed by atoms with E-state index in [1.54, 1.807) is 26.6 Å². The molecule has 35 heavy (non-hydrogen) atoms. The molecule has 0 radical (unpaired) electrons. The van der Waals surface area contributed by atoms with Crippen LogP contribution in [0.3, 0.4) is 0 Å². The number of amides is 1. The highest BCUT2D eigenvalue weighted by atomic mass is 16.5. The fourth-order valence-electron chi connectivity index (χ4n) is 5.19. The van der Waals surface area contributed by atoms with Gasteiger partial charge in [0.25, 0.3) is 5.91 Å². The van der Waals surface area contributed by atoms with E-state index in [2.05, 4.69) is 28.6 Å². The molecule has 2 aromatic carbocycles. The summed E-state index contributed by atoms with van der Waals surface area (Å²) in [5.41, 5.74) is 3.44. The molecule has 9 heteroatoms. The van der Waals surface area contributed by atoms with E-state index in [9.17, 15) is 4.79 Å². The van der Waals surface area contributed by atoms with Gasteiger partial charge in [0.15, 0.2) is 11.5 Å². The highest BCUT2D eigenvalue weighted by Gasteiger charge is 2.45. The van der Waals surface area contributed by atoms with E-state index in [0.717, 1.165) is 35.3 Å². The topological polar surface area (TPSA) is 87.3 Å². The monoisotopic (exact) mass is 474 g/mol. The van der Waals surface area contributed by atoms with E-state index in [1.165, 1.54) is 4.80 Å². The number of aromatic nitrogens is 5. The molecule has 1 amide bonds. The highest BCUT2D eigenvalue weighted by molar-refractivity contribution is 5.98. The van der Waals surface area contributed by atoms with Gasteiger partial charge in [-0.05, 0) is 45.7 Å². The van der Waals surface area contributed by atoms with Crippen LogP contribution in [0.4, 0.5) is 0 Å². The molecular weight excluding hydrogens is 444 g/mol. The number of aryl methyl sites for hydroxylation is 2. The molecule has 0 saturated carbocycles. The molecule has 182 valence electrons. The van der Waals surface area contributed by atoms with Crippen LogP contribution in [0.25, 0.3) is 16.7 Å². The lowest BCUT2D eigenvalue weighted by Gasteiger charge is -2.35. The predicted octanol–water partition coefficient (Wildman–Crippen LogP) is 4.11. The smallest absolute Gasteiger partial charge is 0.256 e. The molecule has 5 rings (SSSR count). The first-order chi connectivity index (χ1) is 16.9. The summed E-state index contributed by atoms with van der Waals surface area (Å²) in [6.07, 6.45) is 4.93. The molecule has 9 nitrogen and oxygen atoms in total. The summed E-state index contributed by atoms with van der Waals surface area (Å²) in [5.74, 6) is 2.10. The lowest BCUT2D eigenvalue weighted by molar-refractivity contribution is 0.0598. The van der Waals surface area contributed by atoms with Crippen molar-refractivity contribution in [2.75, 3.05) is 20.8 Å². The number of hydrogen-bond acceptors (Lipinski definition) is 6. The van der Waals surface area contributed by atoms with E-state index in [0.29, 0.717) is 35.8 Å². The van der Waals surface area contributed by atoms with Gasteiger partial charge < -0.3 is 18.9 Å². The Morgan fingerprint density at radius 2 is 1.80 bits per heavy atom. The number of methoxy groups -OCH3 is 2. The van der Waals surface area contributed by atoms with Crippen molar-refractivity contribution in [3.8, 4) is 17.2 Å². The predicted molar refractivity (Wildman–Crippen MR) is 132 cm³/mol. The molecule has 3 heterocycles. The maximum atomic E-state index is 14.1. The number of benzene rings is 2. The number of imidazole rings is 1. The number of ether oxygens (including phenoxy) is 2. The van der Waals surface area contributed by atoms with Crippen LogP contribution in [0.5, 0.6) is 11.5 Å². The molecule has 0 bridgehead atoms. The first-order valence-electron chi connectivity index (χ1n) is 11.8. The number of carbonyl (C=O) groups excluding carboxylic acids is 1. The fraction of sp³-hybridized carbons (Fsp3) is 0.385. The Balaban J connectivity index is 1.63. The van der Waals surface area contributed by atoms with Crippen molar-refractivity contribution in [3.05, 3.63) is 59.7 Å². The first kappa shape index (κ1) is 22.9. The molecule has 0 N–H and O–H groups in total. The standard InChI is InChI=1S/C26H30N6O3/c1-6-30-21-16-23(35-5)22(34-4)15-19(21)29-25(30)26(3)10-7-13-31(26)24(33)18-14-17(2)8-9-20(18)32-27-11-12-28-32/h8-9,11-12,14-16H,6-7,10,13H2,1-5H3. The molecule has 1 fully saturated rings. The van der Waals surface area contributed by atoms with Crippen molar-refractivity contribution >= 4 is 16.9 Å². The van der Waals surface area contributed by atoms with Gasteiger partial charge in [-0.2, -0.15) is 15.0 Å². The van der Waals surface area contributed by atoms with Crippen molar-refractivity contribution in [1.82, 2.24) is 29.4 Å². The van der Waals surface area contributed by atoms with Gasteiger partial charge in [-0.3, -0.25) is 4.79 Å². The van der Waals surface area contributed by atoms with Crippen molar-refractivity contribution in [2.24, 2.45) is 0 Å². The summed E-state index contributed by atoms with van der Waals surface area (Å²) in [6, 6.07) is 9.64. The number of fused-ring (bicyclic) bond motifs is 1. The van der Waals surface area contributed by atoms with Gasteiger partial charge in [0.1, 0.15) is 5.82 Å². The van der Waals surface area contributed by atoms with E-state index in [-0.39, 0.29) is 5.91 Å². The normalized spacial score (nSPS) is 17.8. The van der Waals surface area contributed by atoms with Crippen LogP contribution >= 0.6 is 0 Å². The third-order valence-electron chi connectivity index (χ3n) is 6.95. The molecule has 4 aromatic rings. The number of hydrogen-bond donors (Lipinski definition) is 0. The SMILES string of the molecule is CCn1c(C2(C)CCCN2C(=O)c2cc(C)ccc2-n2nccn2)nc2cc(OC)c(OC)cc21. The molecule has 0 spiro atoms. The van der Waals surface area contributed by atoms with Gasteiger partial charge in [-0.25, -0.2) is 4.98 Å². The minimum atomic E-state index is -0.578. The quantitative estimate of drug-likeness (QED) is 0.418. The van der Waals surface area contributed by atoms with E-state index in [4.69, 9.17) is 14.5 Å². The molecular formula is C26H30N6O3. The average molecular weight is 475 g/mol. The molecule has 1 aliphatic rings. The van der Waals surface area contributed by atoms with Crippen LogP contribution in [0, 0.1) is 6.92 Å². The molecule has 0 aliphatic carbocycles. The zero-order valence-corrected chi connectivity index (χ0v) is 20.8. The fourth-order valence-corrected chi connectivity index (χ4v) is 5.19. The van der Waals surface area contributed by atoms with E-state index < -0.39 is 5.54 Å². The second-order valence-corrected chi connectivity index (χ2v) is 9.05. The van der Waals surface area contributed by atoms with Crippen molar-refractivity contribution in [1.29, 1.82) is 0 Å². The number of nitrogens with zero attached hydrogens (tertiary/aromatic N) is 6. The lowest BCUT2D eigenvalue weighted by atomic mass is 9.96. The minimum Gasteiger partial charge on any atom is -0.493 e. The van der Waals surface area contributed by atoms with Crippen molar-refractivity contribution < 1.29 is 14.3 Å². The summed E-state index contributed by atoms with van der Waals surface area (Å²) in [7, 11) is 3.25.